The Morgan fingerprint density at radius 2 is 1.89 bits per heavy atom. The summed E-state index contributed by atoms with van der Waals surface area (Å²) >= 11 is 0. The van der Waals surface area contributed by atoms with Crippen molar-refractivity contribution in [1.29, 1.82) is 0 Å². The Hall–Kier alpha value is -0.570. The molecule has 3 rings (SSSR count). The van der Waals surface area contributed by atoms with E-state index >= 15 is 0 Å². The lowest BCUT2D eigenvalue weighted by Gasteiger charge is -2.61. The van der Waals surface area contributed by atoms with Crippen LogP contribution in [-0.2, 0) is 9.53 Å². The average molecular weight is 266 g/mol. The molecule has 0 aromatic heterocycles. The number of esters is 1. The van der Waals surface area contributed by atoms with Crippen molar-refractivity contribution in [2.45, 2.75) is 71.5 Å². The number of aliphatic hydroxyl groups excluding tert-OH is 1. The largest absolute Gasteiger partial charge is 0.459 e. The lowest BCUT2D eigenvalue weighted by molar-refractivity contribution is -0.199. The zero-order chi connectivity index (χ0) is 14.1. The Labute approximate surface area is 115 Å². The summed E-state index contributed by atoms with van der Waals surface area (Å²) in [6.45, 7) is 8.86. The number of rotatable bonds is 0. The standard InChI is InChI=1S/C16H26O3/c1-14(2)6-5-7-15(3)11-8-12(18)19-16(11,4)9-10(17)13(14)15/h10-11,13,17H,5-9H2,1-4H3/t10-,11+,13-,15+,16+/m0/s1. The van der Waals surface area contributed by atoms with Gasteiger partial charge in [-0.1, -0.05) is 27.2 Å². The van der Waals surface area contributed by atoms with E-state index in [0.29, 0.717) is 12.8 Å². The van der Waals surface area contributed by atoms with Crippen molar-refractivity contribution >= 4 is 5.97 Å². The Morgan fingerprint density at radius 3 is 2.58 bits per heavy atom. The number of ether oxygens (including phenoxy) is 1. The third-order valence-electron chi connectivity index (χ3n) is 6.34. The van der Waals surface area contributed by atoms with Crippen LogP contribution in [0.3, 0.4) is 0 Å². The number of fused-ring (bicyclic) bond motifs is 3. The highest BCUT2D eigenvalue weighted by molar-refractivity contribution is 5.73. The molecule has 0 aromatic rings. The molecule has 0 radical (unpaired) electrons. The topological polar surface area (TPSA) is 46.5 Å². The summed E-state index contributed by atoms with van der Waals surface area (Å²) < 4.78 is 5.61. The first kappa shape index (κ1) is 13.4. The van der Waals surface area contributed by atoms with Crippen molar-refractivity contribution in [3.8, 4) is 0 Å². The molecule has 0 unspecified atom stereocenters. The van der Waals surface area contributed by atoms with E-state index in [9.17, 15) is 9.90 Å². The van der Waals surface area contributed by atoms with Crippen molar-refractivity contribution in [1.82, 2.24) is 0 Å². The third kappa shape index (κ3) is 1.70. The summed E-state index contributed by atoms with van der Waals surface area (Å²) in [7, 11) is 0. The van der Waals surface area contributed by atoms with Gasteiger partial charge in [-0.25, -0.2) is 0 Å². The molecule has 1 heterocycles. The molecular weight excluding hydrogens is 240 g/mol. The van der Waals surface area contributed by atoms with Crippen molar-refractivity contribution < 1.29 is 14.6 Å². The number of aliphatic hydroxyl groups is 1. The summed E-state index contributed by atoms with van der Waals surface area (Å²) in [5.41, 5.74) is -0.269. The van der Waals surface area contributed by atoms with E-state index in [1.165, 1.54) is 12.8 Å². The quantitative estimate of drug-likeness (QED) is 0.686. The van der Waals surface area contributed by atoms with Gasteiger partial charge in [-0.2, -0.15) is 0 Å². The minimum absolute atomic E-state index is 0.0281. The molecule has 108 valence electrons. The molecule has 0 aromatic carbocycles. The summed E-state index contributed by atoms with van der Waals surface area (Å²) in [6, 6.07) is 0. The molecule has 5 atom stereocenters. The van der Waals surface area contributed by atoms with Crippen molar-refractivity contribution in [3.05, 3.63) is 0 Å². The summed E-state index contributed by atoms with van der Waals surface area (Å²) in [6.07, 6.45) is 4.25. The molecule has 19 heavy (non-hydrogen) atoms. The lowest BCUT2D eigenvalue weighted by Crippen LogP contribution is -2.61. The number of carbonyl (C=O) groups is 1. The summed E-state index contributed by atoms with van der Waals surface area (Å²) in [5, 5.41) is 10.7. The first-order valence-electron chi connectivity index (χ1n) is 7.59. The van der Waals surface area contributed by atoms with Gasteiger partial charge in [-0.15, -0.1) is 0 Å². The predicted molar refractivity (Wildman–Crippen MR) is 72.5 cm³/mol. The van der Waals surface area contributed by atoms with Gasteiger partial charge in [0, 0.05) is 12.3 Å². The second-order valence-electron chi connectivity index (χ2n) is 8.14. The Balaban J connectivity index is 2.06. The molecule has 3 heteroatoms. The molecule has 3 aliphatic rings. The Morgan fingerprint density at radius 1 is 1.21 bits per heavy atom. The fraction of sp³-hybridized carbons (Fsp3) is 0.938. The van der Waals surface area contributed by atoms with E-state index in [1.807, 2.05) is 6.92 Å². The average Bonchev–Trinajstić information content (AvgIpc) is 2.51. The SMILES string of the molecule is CC1(C)CCC[C@]2(C)[C@H]3CC(=O)O[C@]3(C)C[C@H](O)[C@@H]12. The fourth-order valence-corrected chi connectivity index (χ4v) is 5.88. The van der Waals surface area contributed by atoms with Gasteiger partial charge in [-0.3, -0.25) is 4.79 Å². The highest BCUT2D eigenvalue weighted by Crippen LogP contribution is 2.64. The van der Waals surface area contributed by atoms with E-state index in [2.05, 4.69) is 20.8 Å². The minimum Gasteiger partial charge on any atom is -0.459 e. The van der Waals surface area contributed by atoms with Crippen LogP contribution in [-0.4, -0.2) is 22.8 Å². The van der Waals surface area contributed by atoms with Crippen LogP contribution in [0.25, 0.3) is 0 Å². The zero-order valence-corrected chi connectivity index (χ0v) is 12.5. The van der Waals surface area contributed by atoms with E-state index in [1.54, 1.807) is 0 Å². The molecule has 0 spiro atoms. The van der Waals surface area contributed by atoms with Crippen LogP contribution >= 0.6 is 0 Å². The Kier molecular flexibility index (Phi) is 2.65. The van der Waals surface area contributed by atoms with Crippen LogP contribution in [0.1, 0.15) is 59.8 Å². The molecule has 3 nitrogen and oxygen atoms in total. The van der Waals surface area contributed by atoms with Gasteiger partial charge < -0.3 is 9.84 Å². The molecule has 2 saturated carbocycles. The van der Waals surface area contributed by atoms with Crippen LogP contribution in [0.2, 0.25) is 0 Å². The normalized spacial score (nSPS) is 52.3. The fourth-order valence-electron chi connectivity index (χ4n) is 5.88. The number of hydrogen-bond acceptors (Lipinski definition) is 3. The molecule has 1 saturated heterocycles. The van der Waals surface area contributed by atoms with Crippen molar-refractivity contribution in [2.75, 3.05) is 0 Å². The van der Waals surface area contributed by atoms with Crippen LogP contribution in [0.15, 0.2) is 0 Å². The maximum absolute atomic E-state index is 11.8. The number of carbonyl (C=O) groups excluding carboxylic acids is 1. The first-order chi connectivity index (χ1) is 8.69. The van der Waals surface area contributed by atoms with Gasteiger partial charge in [0.05, 0.1) is 12.5 Å². The highest BCUT2D eigenvalue weighted by Gasteiger charge is 2.65. The van der Waals surface area contributed by atoms with Gasteiger partial charge in [0.2, 0.25) is 0 Å². The zero-order valence-electron chi connectivity index (χ0n) is 12.5. The van der Waals surface area contributed by atoms with E-state index < -0.39 is 5.60 Å². The maximum atomic E-state index is 11.8. The van der Waals surface area contributed by atoms with Crippen molar-refractivity contribution in [3.63, 3.8) is 0 Å². The van der Waals surface area contributed by atoms with Gasteiger partial charge in [-0.05, 0) is 36.5 Å². The smallest absolute Gasteiger partial charge is 0.306 e. The second-order valence-corrected chi connectivity index (χ2v) is 8.14. The maximum Gasteiger partial charge on any atom is 0.306 e. The molecule has 2 aliphatic carbocycles. The Bertz CT molecular complexity index is 416. The van der Waals surface area contributed by atoms with Crippen LogP contribution < -0.4 is 0 Å². The minimum atomic E-state index is -0.449. The van der Waals surface area contributed by atoms with E-state index in [-0.39, 0.29) is 34.7 Å². The van der Waals surface area contributed by atoms with Gasteiger partial charge in [0.25, 0.3) is 0 Å². The molecule has 0 bridgehead atoms. The number of hydrogen-bond donors (Lipinski definition) is 1. The third-order valence-corrected chi connectivity index (χ3v) is 6.34. The molecular formula is C16H26O3. The van der Waals surface area contributed by atoms with Crippen molar-refractivity contribution in [2.24, 2.45) is 22.7 Å². The molecule has 1 N–H and O–H groups in total. The monoisotopic (exact) mass is 266 g/mol. The van der Waals surface area contributed by atoms with E-state index in [0.717, 1.165) is 6.42 Å². The van der Waals surface area contributed by atoms with Gasteiger partial charge in [0.15, 0.2) is 0 Å². The molecule has 0 amide bonds. The summed E-state index contributed by atoms with van der Waals surface area (Å²) in [4.78, 5) is 11.8. The highest BCUT2D eigenvalue weighted by atomic mass is 16.6. The predicted octanol–water partition coefficient (Wildman–Crippen LogP) is 2.91. The molecule has 1 aliphatic heterocycles. The first-order valence-corrected chi connectivity index (χ1v) is 7.59. The van der Waals surface area contributed by atoms with Crippen LogP contribution in [0.4, 0.5) is 0 Å². The summed E-state index contributed by atoms with van der Waals surface area (Å²) in [5.74, 6) is 0.465. The van der Waals surface area contributed by atoms with Crippen LogP contribution in [0.5, 0.6) is 0 Å². The second kappa shape index (κ2) is 3.75. The van der Waals surface area contributed by atoms with Gasteiger partial charge in [0.1, 0.15) is 5.60 Å². The van der Waals surface area contributed by atoms with Crippen LogP contribution in [0, 0.1) is 22.7 Å². The van der Waals surface area contributed by atoms with E-state index in [4.69, 9.17) is 4.74 Å². The lowest BCUT2D eigenvalue weighted by atomic mass is 9.45. The molecule has 3 fully saturated rings. The van der Waals surface area contributed by atoms with Gasteiger partial charge >= 0.3 is 5.97 Å².